The van der Waals surface area contributed by atoms with Crippen LogP contribution in [0.4, 0.5) is 0 Å². The zero-order valence-corrected chi connectivity index (χ0v) is 13.8. The second-order valence-corrected chi connectivity index (χ2v) is 7.47. The fourth-order valence-corrected chi connectivity index (χ4v) is 3.34. The van der Waals surface area contributed by atoms with Crippen LogP contribution in [-0.4, -0.2) is 30.6 Å². The molecule has 1 aliphatic carbocycles. The highest BCUT2D eigenvalue weighted by molar-refractivity contribution is 5.25. The Morgan fingerprint density at radius 3 is 2.29 bits per heavy atom. The lowest BCUT2D eigenvalue weighted by Crippen LogP contribution is -2.22. The molecule has 2 nitrogen and oxygen atoms in total. The molecule has 1 aliphatic heterocycles. The standard InChI is InChI=1S/C19H30N2/c1-14(10-20-19-8-9-19)18-6-4-17(5-7-18)13-21-11-15(2)16(3)12-21/h4-7,14-16,19-20H,8-13H2,1-3H3. The molecule has 1 heterocycles. The molecule has 1 saturated heterocycles. The molecule has 1 aromatic carbocycles. The maximum atomic E-state index is 3.63. The minimum absolute atomic E-state index is 0.617. The first-order valence-electron chi connectivity index (χ1n) is 8.66. The van der Waals surface area contributed by atoms with E-state index >= 15 is 0 Å². The van der Waals surface area contributed by atoms with E-state index in [2.05, 4.69) is 55.3 Å². The summed E-state index contributed by atoms with van der Waals surface area (Å²) in [7, 11) is 0. The smallest absolute Gasteiger partial charge is 0.0233 e. The molecule has 116 valence electrons. The minimum Gasteiger partial charge on any atom is -0.313 e. The number of nitrogens with zero attached hydrogens (tertiary/aromatic N) is 1. The number of nitrogens with one attached hydrogen (secondary N) is 1. The summed E-state index contributed by atoms with van der Waals surface area (Å²) in [5.41, 5.74) is 2.93. The van der Waals surface area contributed by atoms with Crippen LogP contribution in [0.1, 0.15) is 50.7 Å². The summed E-state index contributed by atoms with van der Waals surface area (Å²) in [5.74, 6) is 2.31. The van der Waals surface area contributed by atoms with Gasteiger partial charge in [0.05, 0.1) is 0 Å². The lowest BCUT2D eigenvalue weighted by atomic mass is 9.99. The molecule has 1 saturated carbocycles. The maximum absolute atomic E-state index is 3.63. The SMILES string of the molecule is CC(CNC1CC1)c1ccc(CN2CC(C)C(C)C2)cc1. The first-order valence-corrected chi connectivity index (χ1v) is 8.66. The predicted molar refractivity (Wildman–Crippen MR) is 89.5 cm³/mol. The van der Waals surface area contributed by atoms with Crippen molar-refractivity contribution in [1.29, 1.82) is 0 Å². The summed E-state index contributed by atoms with van der Waals surface area (Å²) in [5, 5.41) is 3.63. The molecule has 0 aromatic heterocycles. The van der Waals surface area contributed by atoms with E-state index in [1.54, 1.807) is 0 Å². The Kier molecular flexibility index (Phi) is 4.66. The molecular formula is C19H30N2. The lowest BCUT2D eigenvalue weighted by molar-refractivity contribution is 0.316. The molecule has 2 fully saturated rings. The Labute approximate surface area is 129 Å². The van der Waals surface area contributed by atoms with Crippen LogP contribution in [0.5, 0.6) is 0 Å². The van der Waals surface area contributed by atoms with Crippen molar-refractivity contribution in [3.8, 4) is 0 Å². The molecule has 0 radical (unpaired) electrons. The van der Waals surface area contributed by atoms with E-state index in [1.807, 2.05) is 0 Å². The van der Waals surface area contributed by atoms with Gasteiger partial charge in [0.25, 0.3) is 0 Å². The third kappa shape index (κ3) is 4.08. The van der Waals surface area contributed by atoms with Gasteiger partial charge >= 0.3 is 0 Å². The first kappa shape index (κ1) is 15.1. The number of likely N-dealkylation sites (tertiary alicyclic amines) is 1. The third-order valence-corrected chi connectivity index (χ3v) is 5.31. The van der Waals surface area contributed by atoms with Crippen LogP contribution in [0, 0.1) is 11.8 Å². The van der Waals surface area contributed by atoms with Crippen molar-refractivity contribution in [2.24, 2.45) is 11.8 Å². The van der Waals surface area contributed by atoms with Gasteiger partial charge in [-0.05, 0) is 41.7 Å². The van der Waals surface area contributed by atoms with E-state index in [0.717, 1.165) is 31.0 Å². The van der Waals surface area contributed by atoms with Crippen LogP contribution >= 0.6 is 0 Å². The van der Waals surface area contributed by atoms with Crippen molar-refractivity contribution in [2.45, 2.75) is 52.1 Å². The summed E-state index contributed by atoms with van der Waals surface area (Å²) < 4.78 is 0. The summed E-state index contributed by atoms with van der Waals surface area (Å²) in [6, 6.07) is 10.1. The van der Waals surface area contributed by atoms with E-state index < -0.39 is 0 Å². The van der Waals surface area contributed by atoms with Crippen molar-refractivity contribution in [3.05, 3.63) is 35.4 Å². The molecule has 0 bridgehead atoms. The van der Waals surface area contributed by atoms with Crippen LogP contribution in [0.25, 0.3) is 0 Å². The van der Waals surface area contributed by atoms with Gasteiger partial charge in [0.15, 0.2) is 0 Å². The second kappa shape index (κ2) is 6.50. The normalized spacial score (nSPS) is 28.0. The highest BCUT2D eigenvalue weighted by Crippen LogP contribution is 2.25. The van der Waals surface area contributed by atoms with Crippen LogP contribution in [0.15, 0.2) is 24.3 Å². The molecule has 1 N–H and O–H groups in total. The van der Waals surface area contributed by atoms with Crippen LogP contribution in [0.2, 0.25) is 0 Å². The monoisotopic (exact) mass is 286 g/mol. The van der Waals surface area contributed by atoms with Gasteiger partial charge in [-0.25, -0.2) is 0 Å². The van der Waals surface area contributed by atoms with Crippen molar-refractivity contribution in [2.75, 3.05) is 19.6 Å². The van der Waals surface area contributed by atoms with Gasteiger partial charge < -0.3 is 5.32 Å². The van der Waals surface area contributed by atoms with E-state index in [1.165, 1.54) is 37.1 Å². The van der Waals surface area contributed by atoms with E-state index in [0.29, 0.717) is 5.92 Å². The van der Waals surface area contributed by atoms with Crippen molar-refractivity contribution >= 4 is 0 Å². The molecule has 1 aromatic rings. The molecule has 0 amide bonds. The topological polar surface area (TPSA) is 15.3 Å². The molecule has 3 unspecified atom stereocenters. The number of hydrogen-bond acceptors (Lipinski definition) is 2. The third-order valence-electron chi connectivity index (χ3n) is 5.31. The van der Waals surface area contributed by atoms with E-state index in [9.17, 15) is 0 Å². The van der Waals surface area contributed by atoms with Gasteiger partial charge in [0.2, 0.25) is 0 Å². The Hall–Kier alpha value is -0.860. The van der Waals surface area contributed by atoms with Crippen LogP contribution in [-0.2, 0) is 6.54 Å². The fraction of sp³-hybridized carbons (Fsp3) is 0.684. The molecule has 21 heavy (non-hydrogen) atoms. The molecule has 2 heteroatoms. The molecule has 0 spiro atoms. The fourth-order valence-electron chi connectivity index (χ4n) is 3.34. The summed E-state index contributed by atoms with van der Waals surface area (Å²) in [6.45, 7) is 11.8. The zero-order chi connectivity index (χ0) is 14.8. The van der Waals surface area contributed by atoms with Gasteiger partial charge in [-0.2, -0.15) is 0 Å². The number of rotatable bonds is 6. The quantitative estimate of drug-likeness (QED) is 0.859. The highest BCUT2D eigenvalue weighted by atomic mass is 15.1. The van der Waals surface area contributed by atoms with Crippen LogP contribution < -0.4 is 5.32 Å². The summed E-state index contributed by atoms with van der Waals surface area (Å²) in [4.78, 5) is 2.60. The van der Waals surface area contributed by atoms with Gasteiger partial charge in [-0.15, -0.1) is 0 Å². The maximum Gasteiger partial charge on any atom is 0.0233 e. The average molecular weight is 286 g/mol. The summed E-state index contributed by atoms with van der Waals surface area (Å²) >= 11 is 0. The van der Waals surface area contributed by atoms with Crippen LogP contribution in [0.3, 0.4) is 0 Å². The Bertz CT molecular complexity index is 439. The predicted octanol–water partition coefficient (Wildman–Crippen LogP) is 3.63. The second-order valence-electron chi connectivity index (χ2n) is 7.47. The van der Waals surface area contributed by atoms with Crippen molar-refractivity contribution in [1.82, 2.24) is 10.2 Å². The molecule has 3 rings (SSSR count). The number of hydrogen-bond donors (Lipinski definition) is 1. The Morgan fingerprint density at radius 1 is 1.10 bits per heavy atom. The van der Waals surface area contributed by atoms with Gasteiger partial charge in [0, 0.05) is 32.2 Å². The Balaban J connectivity index is 1.51. The lowest BCUT2D eigenvalue weighted by Gasteiger charge is -2.17. The molecule has 2 aliphatic rings. The molecule has 3 atom stereocenters. The number of benzene rings is 1. The minimum atomic E-state index is 0.617. The highest BCUT2D eigenvalue weighted by Gasteiger charge is 2.25. The van der Waals surface area contributed by atoms with E-state index in [-0.39, 0.29) is 0 Å². The van der Waals surface area contributed by atoms with Crippen molar-refractivity contribution < 1.29 is 0 Å². The average Bonchev–Trinajstić information content (AvgIpc) is 3.24. The van der Waals surface area contributed by atoms with Crippen molar-refractivity contribution in [3.63, 3.8) is 0 Å². The summed E-state index contributed by atoms with van der Waals surface area (Å²) in [6.07, 6.45) is 2.75. The van der Waals surface area contributed by atoms with E-state index in [4.69, 9.17) is 0 Å². The zero-order valence-electron chi connectivity index (χ0n) is 13.8. The Morgan fingerprint density at radius 2 is 1.71 bits per heavy atom. The van der Waals surface area contributed by atoms with Gasteiger partial charge in [0.1, 0.15) is 0 Å². The van der Waals surface area contributed by atoms with Gasteiger partial charge in [-0.3, -0.25) is 4.90 Å². The first-order chi connectivity index (χ1) is 10.1. The largest absolute Gasteiger partial charge is 0.313 e. The van der Waals surface area contributed by atoms with Gasteiger partial charge in [-0.1, -0.05) is 45.0 Å². The molecular weight excluding hydrogens is 256 g/mol.